The molecule has 102 valence electrons. The van der Waals surface area contributed by atoms with Crippen LogP contribution in [-0.2, 0) is 0 Å². The lowest BCUT2D eigenvalue weighted by Crippen LogP contribution is -2.10. The first-order valence-electron chi connectivity index (χ1n) is 6.56. The van der Waals surface area contributed by atoms with Crippen LogP contribution in [0.2, 0.25) is 0 Å². The number of nitrogens with two attached hydrogens (primary N) is 1. The first-order chi connectivity index (χ1) is 9.58. The molecule has 0 bridgehead atoms. The van der Waals surface area contributed by atoms with Gasteiger partial charge in [0.25, 0.3) is 0 Å². The molecular weight excluding hydrogens is 253 g/mol. The maximum Gasteiger partial charge on any atom is 0.201 e. The highest BCUT2D eigenvalue weighted by Gasteiger charge is 2.17. The van der Waals surface area contributed by atoms with Gasteiger partial charge in [-0.05, 0) is 43.2 Å². The number of aromatic nitrogens is 2. The molecule has 0 aliphatic rings. The molecule has 2 N–H and O–H groups in total. The van der Waals surface area contributed by atoms with E-state index in [1.165, 1.54) is 12.1 Å². The minimum Gasteiger partial charge on any atom is -0.369 e. The van der Waals surface area contributed by atoms with Crippen molar-refractivity contribution in [3.63, 3.8) is 0 Å². The zero-order valence-corrected chi connectivity index (χ0v) is 11.5. The zero-order valence-electron chi connectivity index (χ0n) is 11.5. The van der Waals surface area contributed by atoms with Crippen molar-refractivity contribution in [3.8, 4) is 0 Å². The second-order valence-corrected chi connectivity index (χ2v) is 5.01. The summed E-state index contributed by atoms with van der Waals surface area (Å²) < 4.78 is 15.4. The summed E-state index contributed by atoms with van der Waals surface area (Å²) in [6.07, 6.45) is 0. The molecule has 0 aliphatic heterocycles. The Morgan fingerprint density at radius 1 is 1.20 bits per heavy atom. The van der Waals surface area contributed by atoms with Gasteiger partial charge in [0.1, 0.15) is 5.82 Å². The van der Waals surface area contributed by atoms with Crippen LogP contribution in [0.3, 0.4) is 0 Å². The Labute approximate surface area is 116 Å². The number of aryl methyl sites for hydroxylation is 1. The van der Waals surface area contributed by atoms with Gasteiger partial charge >= 0.3 is 0 Å². The molecule has 1 atom stereocenters. The summed E-state index contributed by atoms with van der Waals surface area (Å²) in [4.78, 5) is 4.39. The van der Waals surface area contributed by atoms with Crippen LogP contribution in [0.1, 0.15) is 24.1 Å². The number of nitrogens with zero attached hydrogens (tertiary/aromatic N) is 2. The molecule has 3 aromatic rings. The van der Waals surface area contributed by atoms with Crippen molar-refractivity contribution in [2.24, 2.45) is 0 Å². The van der Waals surface area contributed by atoms with E-state index < -0.39 is 0 Å². The van der Waals surface area contributed by atoms with Crippen LogP contribution in [0, 0.1) is 12.7 Å². The lowest BCUT2D eigenvalue weighted by molar-refractivity contribution is 0.612. The van der Waals surface area contributed by atoms with Crippen LogP contribution in [0.25, 0.3) is 11.0 Å². The third-order valence-electron chi connectivity index (χ3n) is 3.66. The summed E-state index contributed by atoms with van der Waals surface area (Å²) in [5, 5.41) is 0. The minimum absolute atomic E-state index is 0.0724. The lowest BCUT2D eigenvalue weighted by atomic mass is 10.1. The van der Waals surface area contributed by atoms with Gasteiger partial charge in [-0.1, -0.05) is 24.3 Å². The van der Waals surface area contributed by atoms with Crippen LogP contribution < -0.4 is 5.73 Å². The maximum atomic E-state index is 13.4. The van der Waals surface area contributed by atoms with E-state index in [0.717, 1.165) is 22.2 Å². The van der Waals surface area contributed by atoms with E-state index in [2.05, 4.69) is 4.98 Å². The first kappa shape index (κ1) is 12.7. The van der Waals surface area contributed by atoms with Crippen LogP contribution >= 0.6 is 0 Å². The third-order valence-corrected chi connectivity index (χ3v) is 3.66. The van der Waals surface area contributed by atoms with Crippen LogP contribution in [0.15, 0.2) is 42.5 Å². The molecule has 2 aromatic carbocycles. The van der Waals surface area contributed by atoms with E-state index in [1.807, 2.05) is 42.7 Å². The Hall–Kier alpha value is -2.36. The predicted molar refractivity (Wildman–Crippen MR) is 79.1 cm³/mol. The van der Waals surface area contributed by atoms with E-state index in [0.29, 0.717) is 5.95 Å². The zero-order chi connectivity index (χ0) is 14.3. The van der Waals surface area contributed by atoms with Gasteiger partial charge in [0.2, 0.25) is 5.95 Å². The average Bonchev–Trinajstić information content (AvgIpc) is 2.75. The van der Waals surface area contributed by atoms with Gasteiger partial charge in [0, 0.05) is 0 Å². The fourth-order valence-corrected chi connectivity index (χ4v) is 2.65. The molecule has 0 saturated carbocycles. The van der Waals surface area contributed by atoms with E-state index in [4.69, 9.17) is 5.73 Å². The highest BCUT2D eigenvalue weighted by molar-refractivity contribution is 5.82. The van der Waals surface area contributed by atoms with E-state index in [9.17, 15) is 4.39 Å². The Morgan fingerprint density at radius 3 is 2.70 bits per heavy atom. The molecule has 3 nitrogen and oxygen atoms in total. The highest BCUT2D eigenvalue weighted by atomic mass is 19.1. The third kappa shape index (κ3) is 1.93. The van der Waals surface area contributed by atoms with Gasteiger partial charge in [-0.2, -0.15) is 0 Å². The summed E-state index contributed by atoms with van der Waals surface area (Å²) in [5.74, 6) is 0.208. The van der Waals surface area contributed by atoms with E-state index in [-0.39, 0.29) is 11.9 Å². The predicted octanol–water partition coefficient (Wildman–Crippen LogP) is 3.68. The maximum absolute atomic E-state index is 13.4. The van der Waals surface area contributed by atoms with Crippen molar-refractivity contribution in [2.45, 2.75) is 19.9 Å². The smallest absolute Gasteiger partial charge is 0.201 e. The number of halogens is 1. The van der Waals surface area contributed by atoms with Crippen LogP contribution in [0.4, 0.5) is 10.3 Å². The monoisotopic (exact) mass is 269 g/mol. The number of hydrogen-bond acceptors (Lipinski definition) is 2. The van der Waals surface area contributed by atoms with E-state index >= 15 is 0 Å². The molecule has 3 rings (SSSR count). The number of nitrogen functional groups attached to an aromatic ring is 1. The average molecular weight is 269 g/mol. The number of imidazole rings is 1. The molecule has 1 heterocycles. The van der Waals surface area contributed by atoms with Crippen molar-refractivity contribution in [3.05, 3.63) is 59.4 Å². The van der Waals surface area contributed by atoms with Crippen LogP contribution in [0.5, 0.6) is 0 Å². The molecule has 0 spiro atoms. The fourth-order valence-electron chi connectivity index (χ4n) is 2.65. The molecule has 4 heteroatoms. The number of anilines is 1. The van der Waals surface area contributed by atoms with Gasteiger partial charge in [-0.25, -0.2) is 9.37 Å². The van der Waals surface area contributed by atoms with Gasteiger partial charge < -0.3 is 10.3 Å². The summed E-state index contributed by atoms with van der Waals surface area (Å²) in [7, 11) is 0. The summed E-state index contributed by atoms with van der Waals surface area (Å²) in [5.41, 5.74) is 9.91. The summed E-state index contributed by atoms with van der Waals surface area (Å²) >= 11 is 0. The molecule has 20 heavy (non-hydrogen) atoms. The van der Waals surface area contributed by atoms with Gasteiger partial charge in [0.05, 0.1) is 17.1 Å². The number of hydrogen-bond donors (Lipinski definition) is 1. The van der Waals surface area contributed by atoms with Gasteiger partial charge in [0.15, 0.2) is 0 Å². The number of para-hydroxylation sites is 1. The summed E-state index contributed by atoms with van der Waals surface area (Å²) in [6, 6.07) is 12.4. The molecule has 0 fully saturated rings. The van der Waals surface area contributed by atoms with Crippen molar-refractivity contribution in [1.29, 1.82) is 0 Å². The summed E-state index contributed by atoms with van der Waals surface area (Å²) in [6.45, 7) is 4.02. The Bertz CT molecular complexity index is 776. The Morgan fingerprint density at radius 2 is 1.95 bits per heavy atom. The molecule has 1 aromatic heterocycles. The largest absolute Gasteiger partial charge is 0.369 e. The van der Waals surface area contributed by atoms with Crippen molar-refractivity contribution < 1.29 is 4.39 Å². The molecule has 0 saturated heterocycles. The highest BCUT2D eigenvalue weighted by Crippen LogP contribution is 2.29. The molecule has 0 aliphatic carbocycles. The SMILES string of the molecule is Cc1cccc2nc(N)n(C(C)c3cccc(F)c3)c12. The topological polar surface area (TPSA) is 43.8 Å². The number of benzene rings is 2. The molecule has 1 unspecified atom stereocenters. The Kier molecular flexibility index (Phi) is 2.93. The normalized spacial score (nSPS) is 12.8. The fraction of sp³-hybridized carbons (Fsp3) is 0.188. The molecule has 0 amide bonds. The lowest BCUT2D eigenvalue weighted by Gasteiger charge is -2.17. The van der Waals surface area contributed by atoms with Gasteiger partial charge in [-0.15, -0.1) is 0 Å². The number of fused-ring (bicyclic) bond motifs is 1. The standard InChI is InChI=1S/C16H16FN3/c1-10-5-3-8-14-15(10)20(16(18)19-14)11(2)12-6-4-7-13(17)9-12/h3-9,11H,1-2H3,(H2,18,19). The quantitative estimate of drug-likeness (QED) is 0.771. The van der Waals surface area contributed by atoms with E-state index in [1.54, 1.807) is 6.07 Å². The van der Waals surface area contributed by atoms with Crippen molar-refractivity contribution >= 4 is 17.0 Å². The first-order valence-corrected chi connectivity index (χ1v) is 6.56. The van der Waals surface area contributed by atoms with Crippen molar-refractivity contribution in [1.82, 2.24) is 9.55 Å². The van der Waals surface area contributed by atoms with Gasteiger partial charge in [-0.3, -0.25) is 0 Å². The second kappa shape index (κ2) is 4.63. The van der Waals surface area contributed by atoms with Crippen LogP contribution in [-0.4, -0.2) is 9.55 Å². The second-order valence-electron chi connectivity index (χ2n) is 5.01. The number of rotatable bonds is 2. The molecular formula is C16H16FN3. The Balaban J connectivity index is 2.21. The molecule has 0 radical (unpaired) electrons. The minimum atomic E-state index is -0.242. The van der Waals surface area contributed by atoms with Crippen molar-refractivity contribution in [2.75, 3.05) is 5.73 Å².